The van der Waals surface area contributed by atoms with Crippen LogP contribution in [0.15, 0.2) is 0 Å². The fourth-order valence-corrected chi connectivity index (χ4v) is 3.17. The summed E-state index contributed by atoms with van der Waals surface area (Å²) in [6, 6.07) is 0. The third-order valence-electron chi connectivity index (χ3n) is 3.67. The van der Waals surface area contributed by atoms with Gasteiger partial charge in [-0.15, -0.1) is 0 Å². The number of carbonyl (C=O) groups is 1. The second-order valence-corrected chi connectivity index (χ2v) is 4.85. The summed E-state index contributed by atoms with van der Waals surface area (Å²) in [4.78, 5) is 11.3. The first-order valence-electron chi connectivity index (χ1n) is 5.93. The number of rotatable bonds is 4. The van der Waals surface area contributed by atoms with Crippen LogP contribution < -0.4 is 0 Å². The fourth-order valence-electron chi connectivity index (χ4n) is 3.17. The van der Waals surface area contributed by atoms with E-state index in [2.05, 4.69) is 0 Å². The van der Waals surface area contributed by atoms with Crippen LogP contribution in [-0.4, -0.2) is 24.8 Å². The number of fused-ring (bicyclic) bond motifs is 1. The molecule has 3 nitrogen and oxygen atoms in total. The van der Waals surface area contributed by atoms with E-state index in [0.29, 0.717) is 13.0 Å². The maximum atomic E-state index is 11.3. The van der Waals surface area contributed by atoms with Gasteiger partial charge in [-0.05, 0) is 26.7 Å². The van der Waals surface area contributed by atoms with Crippen molar-refractivity contribution in [2.24, 2.45) is 5.41 Å². The Kier molecular flexibility index (Phi) is 3.12. The van der Waals surface area contributed by atoms with E-state index in [1.54, 1.807) is 6.92 Å². The van der Waals surface area contributed by atoms with Gasteiger partial charge in [0.2, 0.25) is 0 Å². The van der Waals surface area contributed by atoms with Crippen LogP contribution >= 0.6 is 0 Å². The van der Waals surface area contributed by atoms with Crippen molar-refractivity contribution in [3.63, 3.8) is 0 Å². The summed E-state index contributed by atoms with van der Waals surface area (Å²) in [5.41, 5.74) is 0.103. The molecule has 0 aromatic heterocycles. The molecular formula is C12H20O3. The lowest BCUT2D eigenvalue weighted by Gasteiger charge is -2.25. The third kappa shape index (κ3) is 2.08. The highest BCUT2D eigenvalue weighted by atomic mass is 16.7. The van der Waals surface area contributed by atoms with Crippen LogP contribution in [0.1, 0.15) is 46.0 Å². The van der Waals surface area contributed by atoms with Gasteiger partial charge in [0.25, 0.3) is 0 Å². The molecule has 2 fully saturated rings. The van der Waals surface area contributed by atoms with E-state index in [9.17, 15) is 4.79 Å². The first-order chi connectivity index (χ1) is 7.16. The zero-order chi connectivity index (χ0) is 10.9. The molecule has 0 amide bonds. The average molecular weight is 212 g/mol. The molecule has 0 spiro atoms. The quantitative estimate of drug-likeness (QED) is 0.717. The van der Waals surface area contributed by atoms with E-state index >= 15 is 0 Å². The number of ether oxygens (including phenoxy) is 2. The zero-order valence-corrected chi connectivity index (χ0v) is 9.62. The molecule has 0 N–H and O–H groups in total. The summed E-state index contributed by atoms with van der Waals surface area (Å²) in [6.07, 6.45) is 5.18. The maximum Gasteiger partial charge on any atom is 0.158 e. The Bertz CT molecular complexity index is 251. The zero-order valence-electron chi connectivity index (χ0n) is 9.62. The van der Waals surface area contributed by atoms with E-state index in [-0.39, 0.29) is 23.6 Å². The van der Waals surface area contributed by atoms with Gasteiger partial charge in [0.15, 0.2) is 6.29 Å². The molecular weight excluding hydrogens is 192 g/mol. The smallest absolute Gasteiger partial charge is 0.158 e. The molecule has 3 heteroatoms. The van der Waals surface area contributed by atoms with Gasteiger partial charge in [-0.1, -0.05) is 6.42 Å². The number of carbonyl (C=O) groups excluding carboxylic acids is 1. The second-order valence-electron chi connectivity index (χ2n) is 4.85. The van der Waals surface area contributed by atoms with E-state index in [0.717, 1.165) is 19.3 Å². The van der Waals surface area contributed by atoms with Crippen molar-refractivity contribution in [3.8, 4) is 0 Å². The van der Waals surface area contributed by atoms with Crippen molar-refractivity contribution in [1.29, 1.82) is 0 Å². The van der Waals surface area contributed by atoms with E-state index in [4.69, 9.17) is 9.47 Å². The fraction of sp³-hybridized carbons (Fsp3) is 0.917. The van der Waals surface area contributed by atoms with Crippen LogP contribution in [0.4, 0.5) is 0 Å². The Balaban J connectivity index is 2.04. The Hall–Kier alpha value is -0.410. The molecule has 2 aliphatic rings. The molecule has 0 unspecified atom stereocenters. The van der Waals surface area contributed by atoms with Gasteiger partial charge in [-0.25, -0.2) is 0 Å². The average Bonchev–Trinajstić information content (AvgIpc) is 2.59. The van der Waals surface area contributed by atoms with Gasteiger partial charge < -0.3 is 14.3 Å². The van der Waals surface area contributed by atoms with E-state index < -0.39 is 0 Å². The molecule has 0 bridgehead atoms. The number of ketones is 1. The first-order valence-corrected chi connectivity index (χ1v) is 5.93. The predicted octanol–water partition coefficient (Wildman–Crippen LogP) is 2.29. The van der Waals surface area contributed by atoms with Gasteiger partial charge in [0.05, 0.1) is 6.10 Å². The van der Waals surface area contributed by atoms with Crippen LogP contribution in [0.25, 0.3) is 0 Å². The molecule has 1 saturated carbocycles. The van der Waals surface area contributed by atoms with Gasteiger partial charge in [-0.2, -0.15) is 0 Å². The Morgan fingerprint density at radius 3 is 3.07 bits per heavy atom. The molecule has 1 aliphatic heterocycles. The van der Waals surface area contributed by atoms with Crippen molar-refractivity contribution in [3.05, 3.63) is 0 Å². The van der Waals surface area contributed by atoms with Crippen molar-refractivity contribution >= 4 is 5.78 Å². The summed E-state index contributed by atoms with van der Waals surface area (Å²) in [5.74, 6) is 0.280. The minimum absolute atomic E-state index is 0.0698. The summed E-state index contributed by atoms with van der Waals surface area (Å²) >= 11 is 0. The largest absolute Gasteiger partial charge is 0.353 e. The Labute approximate surface area is 91.1 Å². The van der Waals surface area contributed by atoms with E-state index in [1.165, 1.54) is 6.42 Å². The monoisotopic (exact) mass is 212 g/mol. The standard InChI is InChI=1S/C12H20O3/c1-3-14-11-8-12(7-9(2)13)6-4-5-10(12)15-11/h10-11H,3-8H2,1-2H3/t10-,11-,12+/m0/s1. The molecule has 1 heterocycles. The van der Waals surface area contributed by atoms with Gasteiger partial charge in [0.1, 0.15) is 5.78 Å². The highest BCUT2D eigenvalue weighted by Gasteiger charge is 2.51. The van der Waals surface area contributed by atoms with Gasteiger partial charge >= 0.3 is 0 Å². The normalized spacial score (nSPS) is 39.3. The molecule has 86 valence electrons. The highest BCUT2D eigenvalue weighted by molar-refractivity contribution is 5.76. The highest BCUT2D eigenvalue weighted by Crippen LogP contribution is 2.52. The molecule has 3 atom stereocenters. The molecule has 1 saturated heterocycles. The molecule has 15 heavy (non-hydrogen) atoms. The summed E-state index contributed by atoms with van der Waals surface area (Å²) in [6.45, 7) is 4.35. The summed E-state index contributed by atoms with van der Waals surface area (Å²) in [5, 5.41) is 0. The maximum absolute atomic E-state index is 11.3. The molecule has 0 aromatic carbocycles. The lowest BCUT2D eigenvalue weighted by atomic mass is 9.78. The topological polar surface area (TPSA) is 35.5 Å². The summed E-state index contributed by atoms with van der Waals surface area (Å²) < 4.78 is 11.4. The minimum atomic E-state index is -0.0698. The first kappa shape index (κ1) is 11.1. The lowest BCUT2D eigenvalue weighted by Crippen LogP contribution is -2.27. The van der Waals surface area contributed by atoms with Crippen molar-refractivity contribution in [2.75, 3.05) is 6.61 Å². The number of Topliss-reactive ketones (excluding diaryl/α,β-unsaturated/α-hetero) is 1. The third-order valence-corrected chi connectivity index (χ3v) is 3.67. The number of hydrogen-bond donors (Lipinski definition) is 0. The molecule has 0 radical (unpaired) electrons. The second kappa shape index (κ2) is 4.22. The number of hydrogen-bond acceptors (Lipinski definition) is 3. The SMILES string of the molecule is CCO[C@@H]1C[C@]2(CC(C)=O)CCC[C@@H]2O1. The predicted molar refractivity (Wildman–Crippen MR) is 56.5 cm³/mol. The molecule has 2 rings (SSSR count). The molecule has 0 aromatic rings. The van der Waals surface area contributed by atoms with E-state index in [1.807, 2.05) is 6.92 Å². The van der Waals surface area contributed by atoms with Crippen LogP contribution in [0.3, 0.4) is 0 Å². The van der Waals surface area contributed by atoms with Gasteiger partial charge in [-0.3, -0.25) is 0 Å². The van der Waals surface area contributed by atoms with Crippen LogP contribution in [0.5, 0.6) is 0 Å². The van der Waals surface area contributed by atoms with Crippen molar-refractivity contribution in [1.82, 2.24) is 0 Å². The Morgan fingerprint density at radius 1 is 1.60 bits per heavy atom. The van der Waals surface area contributed by atoms with Gasteiger partial charge in [0, 0.05) is 24.9 Å². The minimum Gasteiger partial charge on any atom is -0.353 e. The molecule has 1 aliphatic carbocycles. The summed E-state index contributed by atoms with van der Waals surface area (Å²) in [7, 11) is 0. The van der Waals surface area contributed by atoms with Crippen LogP contribution in [0.2, 0.25) is 0 Å². The van der Waals surface area contributed by atoms with Crippen molar-refractivity contribution in [2.45, 2.75) is 58.3 Å². The van der Waals surface area contributed by atoms with Crippen LogP contribution in [0, 0.1) is 5.41 Å². The van der Waals surface area contributed by atoms with Crippen LogP contribution in [-0.2, 0) is 14.3 Å². The van der Waals surface area contributed by atoms with Crippen molar-refractivity contribution < 1.29 is 14.3 Å². The lowest BCUT2D eigenvalue weighted by molar-refractivity contribution is -0.132. The Morgan fingerprint density at radius 2 is 2.40 bits per heavy atom.